The number of unbranched alkanes of at least 4 members (excludes halogenated alkanes) is 1. The van der Waals surface area contributed by atoms with Gasteiger partial charge in [0, 0.05) is 6.54 Å². The van der Waals surface area contributed by atoms with Crippen molar-refractivity contribution in [1.29, 1.82) is 0 Å². The number of amides is 4. The number of hydrogen-bond donors (Lipinski definition) is 1. The first-order chi connectivity index (χ1) is 8.84. The van der Waals surface area contributed by atoms with E-state index in [9.17, 15) is 14.4 Å². The molecule has 19 heavy (non-hydrogen) atoms. The molecule has 0 saturated carbocycles. The SMILES string of the molecule is CCCCC(CC)CN1C(=O)NC(=O)C(C)(C)C1=O. The average molecular weight is 268 g/mol. The van der Waals surface area contributed by atoms with Crippen LogP contribution in [0.15, 0.2) is 0 Å². The maximum atomic E-state index is 12.2. The fraction of sp³-hybridized carbons (Fsp3) is 0.786. The second-order valence-corrected chi connectivity index (χ2v) is 5.72. The molecule has 0 aliphatic carbocycles. The first kappa shape index (κ1) is 15.7. The van der Waals surface area contributed by atoms with E-state index < -0.39 is 23.3 Å². The highest BCUT2D eigenvalue weighted by Crippen LogP contribution is 2.25. The van der Waals surface area contributed by atoms with Crippen molar-refractivity contribution < 1.29 is 14.4 Å². The summed E-state index contributed by atoms with van der Waals surface area (Å²) in [7, 11) is 0. The molecule has 1 saturated heterocycles. The number of urea groups is 1. The van der Waals surface area contributed by atoms with Crippen molar-refractivity contribution in [3.05, 3.63) is 0 Å². The Labute approximate surface area is 114 Å². The summed E-state index contributed by atoms with van der Waals surface area (Å²) in [5.74, 6) is -0.602. The van der Waals surface area contributed by atoms with Crippen molar-refractivity contribution >= 4 is 17.8 Å². The van der Waals surface area contributed by atoms with E-state index in [2.05, 4.69) is 19.2 Å². The molecule has 0 spiro atoms. The molecule has 1 atom stereocenters. The molecule has 1 aliphatic heterocycles. The molecule has 0 aromatic carbocycles. The average Bonchev–Trinajstić information content (AvgIpc) is 2.36. The summed E-state index contributed by atoms with van der Waals surface area (Å²) >= 11 is 0. The maximum Gasteiger partial charge on any atom is 0.330 e. The highest BCUT2D eigenvalue weighted by molar-refractivity contribution is 6.18. The highest BCUT2D eigenvalue weighted by Gasteiger charge is 2.47. The Hall–Kier alpha value is -1.39. The maximum absolute atomic E-state index is 12.2. The zero-order chi connectivity index (χ0) is 14.6. The third-order valence-electron chi connectivity index (χ3n) is 3.80. The topological polar surface area (TPSA) is 66.5 Å². The van der Waals surface area contributed by atoms with Crippen molar-refractivity contribution in [2.24, 2.45) is 11.3 Å². The summed E-state index contributed by atoms with van der Waals surface area (Å²) in [6, 6.07) is -0.579. The first-order valence-electron chi connectivity index (χ1n) is 7.01. The molecule has 5 nitrogen and oxygen atoms in total. The lowest BCUT2D eigenvalue weighted by Crippen LogP contribution is -2.62. The molecule has 1 heterocycles. The molecule has 0 radical (unpaired) electrons. The van der Waals surface area contributed by atoms with Crippen molar-refractivity contribution in [1.82, 2.24) is 10.2 Å². The summed E-state index contributed by atoms with van der Waals surface area (Å²) in [6.07, 6.45) is 4.11. The summed E-state index contributed by atoms with van der Waals surface area (Å²) in [5.41, 5.74) is -1.16. The molecule has 108 valence electrons. The van der Waals surface area contributed by atoms with Crippen LogP contribution in [-0.4, -0.2) is 29.3 Å². The van der Waals surface area contributed by atoms with Gasteiger partial charge in [0.05, 0.1) is 0 Å². The molecule has 0 aromatic heterocycles. The molecule has 1 unspecified atom stereocenters. The minimum Gasteiger partial charge on any atom is -0.277 e. The van der Waals surface area contributed by atoms with E-state index in [4.69, 9.17) is 0 Å². The van der Waals surface area contributed by atoms with Gasteiger partial charge >= 0.3 is 6.03 Å². The first-order valence-corrected chi connectivity index (χ1v) is 7.01. The minimum absolute atomic E-state index is 0.304. The van der Waals surface area contributed by atoms with Crippen LogP contribution in [0.25, 0.3) is 0 Å². The molecule has 1 rings (SSSR count). The number of carbonyl (C=O) groups excluding carboxylic acids is 3. The van der Waals surface area contributed by atoms with Crippen LogP contribution >= 0.6 is 0 Å². The second-order valence-electron chi connectivity index (χ2n) is 5.72. The summed E-state index contributed by atoms with van der Waals surface area (Å²) in [6.45, 7) is 7.68. The van der Waals surface area contributed by atoms with Crippen molar-refractivity contribution in [3.63, 3.8) is 0 Å². The zero-order valence-corrected chi connectivity index (χ0v) is 12.3. The van der Waals surface area contributed by atoms with Gasteiger partial charge in [0.2, 0.25) is 11.8 Å². The lowest BCUT2D eigenvalue weighted by Gasteiger charge is -2.36. The van der Waals surface area contributed by atoms with Gasteiger partial charge in [-0.05, 0) is 26.2 Å². The van der Waals surface area contributed by atoms with Crippen LogP contribution in [0.1, 0.15) is 53.4 Å². The van der Waals surface area contributed by atoms with Crippen molar-refractivity contribution in [3.8, 4) is 0 Å². The number of nitrogens with zero attached hydrogens (tertiary/aromatic N) is 1. The van der Waals surface area contributed by atoms with Crippen molar-refractivity contribution in [2.75, 3.05) is 6.54 Å². The molecule has 0 bridgehead atoms. The molecule has 1 fully saturated rings. The third-order valence-corrected chi connectivity index (χ3v) is 3.80. The number of nitrogens with one attached hydrogen (secondary N) is 1. The van der Waals surface area contributed by atoms with Gasteiger partial charge in [-0.2, -0.15) is 0 Å². The van der Waals surface area contributed by atoms with Crippen LogP contribution in [0.4, 0.5) is 4.79 Å². The summed E-state index contributed by atoms with van der Waals surface area (Å²) in [5, 5.41) is 2.26. The van der Waals surface area contributed by atoms with E-state index in [0.29, 0.717) is 12.5 Å². The van der Waals surface area contributed by atoms with Crippen LogP contribution < -0.4 is 5.32 Å². The Kier molecular flexibility index (Phi) is 5.09. The van der Waals surface area contributed by atoms with Gasteiger partial charge in [0.1, 0.15) is 5.41 Å². The number of imide groups is 2. The largest absolute Gasteiger partial charge is 0.330 e. The highest BCUT2D eigenvalue weighted by atomic mass is 16.2. The van der Waals surface area contributed by atoms with Gasteiger partial charge < -0.3 is 0 Å². The lowest BCUT2D eigenvalue weighted by atomic mass is 9.88. The molecule has 0 aromatic rings. The number of carbonyl (C=O) groups is 3. The number of hydrogen-bond acceptors (Lipinski definition) is 3. The predicted molar refractivity (Wildman–Crippen MR) is 72.3 cm³/mol. The van der Waals surface area contributed by atoms with Gasteiger partial charge in [-0.15, -0.1) is 0 Å². The van der Waals surface area contributed by atoms with E-state index in [-0.39, 0.29) is 0 Å². The fourth-order valence-corrected chi connectivity index (χ4v) is 2.19. The minimum atomic E-state index is -1.16. The van der Waals surface area contributed by atoms with Crippen LogP contribution in [0, 0.1) is 11.3 Å². The van der Waals surface area contributed by atoms with E-state index in [1.165, 1.54) is 4.90 Å². The van der Waals surface area contributed by atoms with E-state index in [1.807, 2.05) is 0 Å². The van der Waals surface area contributed by atoms with Crippen LogP contribution in [0.3, 0.4) is 0 Å². The summed E-state index contributed by atoms with van der Waals surface area (Å²) < 4.78 is 0. The third kappa shape index (κ3) is 3.33. The Balaban J connectivity index is 2.78. The van der Waals surface area contributed by atoms with Crippen LogP contribution in [0.5, 0.6) is 0 Å². The van der Waals surface area contributed by atoms with Gasteiger partial charge in [0.25, 0.3) is 0 Å². The van der Waals surface area contributed by atoms with E-state index >= 15 is 0 Å². The molecular formula is C14H24N2O3. The second kappa shape index (κ2) is 6.17. The lowest BCUT2D eigenvalue weighted by molar-refractivity contribution is -0.149. The smallest absolute Gasteiger partial charge is 0.277 e. The molecular weight excluding hydrogens is 244 g/mol. The molecule has 4 amide bonds. The Morgan fingerprint density at radius 2 is 1.84 bits per heavy atom. The van der Waals surface area contributed by atoms with Gasteiger partial charge in [0.15, 0.2) is 0 Å². The quantitative estimate of drug-likeness (QED) is 0.752. The van der Waals surface area contributed by atoms with Gasteiger partial charge in [-0.25, -0.2) is 4.79 Å². The van der Waals surface area contributed by atoms with Gasteiger partial charge in [-0.1, -0.05) is 33.1 Å². The molecule has 5 heteroatoms. The van der Waals surface area contributed by atoms with E-state index in [0.717, 1.165) is 25.7 Å². The summed E-state index contributed by atoms with van der Waals surface area (Å²) in [4.78, 5) is 36.9. The molecule has 1 N–H and O–H groups in total. The predicted octanol–water partition coefficient (Wildman–Crippen LogP) is 2.31. The molecule has 1 aliphatic rings. The number of rotatable bonds is 6. The fourth-order valence-electron chi connectivity index (χ4n) is 2.19. The Morgan fingerprint density at radius 3 is 2.37 bits per heavy atom. The monoisotopic (exact) mass is 268 g/mol. The zero-order valence-electron chi connectivity index (χ0n) is 12.3. The standard InChI is InChI=1S/C14H24N2O3/c1-5-7-8-10(6-2)9-16-12(18)14(3,4)11(17)15-13(16)19/h10H,5-9H2,1-4H3,(H,15,17,19). The Bertz CT molecular complexity index is 377. The normalized spacial score (nSPS) is 20.4. The van der Waals surface area contributed by atoms with Gasteiger partial charge in [-0.3, -0.25) is 19.8 Å². The van der Waals surface area contributed by atoms with Crippen molar-refractivity contribution in [2.45, 2.75) is 53.4 Å². The van der Waals surface area contributed by atoms with Crippen LogP contribution in [0.2, 0.25) is 0 Å². The Morgan fingerprint density at radius 1 is 1.21 bits per heavy atom. The number of barbiturate groups is 1. The van der Waals surface area contributed by atoms with Crippen LogP contribution in [-0.2, 0) is 9.59 Å². The van der Waals surface area contributed by atoms with E-state index in [1.54, 1.807) is 13.8 Å².